The van der Waals surface area contributed by atoms with Gasteiger partial charge in [-0.05, 0) is 25.2 Å². The van der Waals surface area contributed by atoms with Gasteiger partial charge in [-0.15, -0.1) is 0 Å². The van der Waals surface area contributed by atoms with Crippen molar-refractivity contribution in [3.63, 3.8) is 0 Å². The van der Waals surface area contributed by atoms with Crippen molar-refractivity contribution in [1.29, 1.82) is 0 Å². The second-order valence-corrected chi connectivity index (χ2v) is 3.97. The Morgan fingerprint density at radius 2 is 2.23 bits per heavy atom. The first-order valence-corrected chi connectivity index (χ1v) is 5.13. The van der Waals surface area contributed by atoms with Crippen molar-refractivity contribution in [2.75, 3.05) is 13.2 Å². The highest BCUT2D eigenvalue weighted by atomic mass is 16.7. The van der Waals surface area contributed by atoms with Crippen molar-refractivity contribution < 1.29 is 9.63 Å². The minimum atomic E-state index is 0.147. The lowest BCUT2D eigenvalue weighted by atomic mass is 10.1. The summed E-state index contributed by atoms with van der Waals surface area (Å²) >= 11 is 0. The van der Waals surface area contributed by atoms with Crippen molar-refractivity contribution in [2.24, 2.45) is 5.92 Å². The van der Waals surface area contributed by atoms with E-state index in [1.54, 1.807) is 0 Å². The van der Waals surface area contributed by atoms with Crippen molar-refractivity contribution in [2.45, 2.75) is 39.5 Å². The number of hydrogen-bond acceptors (Lipinski definition) is 2. The van der Waals surface area contributed by atoms with E-state index in [1.807, 2.05) is 0 Å². The van der Waals surface area contributed by atoms with E-state index in [4.69, 9.17) is 4.84 Å². The summed E-state index contributed by atoms with van der Waals surface area (Å²) in [4.78, 5) is 16.8. The van der Waals surface area contributed by atoms with Crippen LogP contribution in [0.1, 0.15) is 39.5 Å². The molecule has 1 heterocycles. The van der Waals surface area contributed by atoms with Gasteiger partial charge in [0, 0.05) is 13.0 Å². The molecule has 0 bridgehead atoms. The van der Waals surface area contributed by atoms with Gasteiger partial charge in [0.25, 0.3) is 0 Å². The fraction of sp³-hybridized carbons (Fsp3) is 0.900. The molecule has 3 heteroatoms. The molecule has 3 nitrogen and oxygen atoms in total. The van der Waals surface area contributed by atoms with Gasteiger partial charge in [0.05, 0.1) is 6.61 Å². The zero-order valence-corrected chi connectivity index (χ0v) is 8.58. The van der Waals surface area contributed by atoms with E-state index in [9.17, 15) is 4.79 Å². The summed E-state index contributed by atoms with van der Waals surface area (Å²) in [6, 6.07) is 0. The first-order chi connectivity index (χ1) is 6.20. The Kier molecular flexibility index (Phi) is 4.22. The number of hydrogen-bond donors (Lipinski definition) is 0. The van der Waals surface area contributed by atoms with E-state index in [0.717, 1.165) is 25.8 Å². The fourth-order valence-electron chi connectivity index (χ4n) is 1.33. The lowest BCUT2D eigenvalue weighted by Crippen LogP contribution is -2.35. The van der Waals surface area contributed by atoms with E-state index in [2.05, 4.69) is 13.8 Å². The van der Waals surface area contributed by atoms with Gasteiger partial charge in [-0.1, -0.05) is 13.8 Å². The topological polar surface area (TPSA) is 29.5 Å². The summed E-state index contributed by atoms with van der Waals surface area (Å²) in [5.74, 6) is 0.738. The van der Waals surface area contributed by atoms with Crippen molar-refractivity contribution in [3.05, 3.63) is 0 Å². The zero-order valence-electron chi connectivity index (χ0n) is 8.58. The average Bonchev–Trinajstić information content (AvgIpc) is 2.15. The van der Waals surface area contributed by atoms with E-state index in [-0.39, 0.29) is 5.91 Å². The van der Waals surface area contributed by atoms with Crippen LogP contribution in [0.3, 0.4) is 0 Å². The molecule has 76 valence electrons. The summed E-state index contributed by atoms with van der Waals surface area (Å²) in [7, 11) is 0. The summed E-state index contributed by atoms with van der Waals surface area (Å²) in [5.41, 5.74) is 0. The second-order valence-electron chi connectivity index (χ2n) is 3.97. The highest BCUT2D eigenvalue weighted by Gasteiger charge is 2.17. The minimum absolute atomic E-state index is 0.147. The molecule has 0 radical (unpaired) electrons. The molecule has 0 saturated carbocycles. The molecule has 0 unspecified atom stereocenters. The van der Waals surface area contributed by atoms with E-state index in [0.29, 0.717) is 18.9 Å². The van der Waals surface area contributed by atoms with Crippen molar-refractivity contribution >= 4 is 5.91 Å². The van der Waals surface area contributed by atoms with Crippen LogP contribution in [0.2, 0.25) is 0 Å². The Morgan fingerprint density at radius 1 is 1.46 bits per heavy atom. The van der Waals surface area contributed by atoms with Gasteiger partial charge in [-0.25, -0.2) is 5.06 Å². The molecule has 0 aliphatic carbocycles. The third kappa shape index (κ3) is 3.77. The van der Waals surface area contributed by atoms with Gasteiger partial charge in [-0.2, -0.15) is 0 Å². The second kappa shape index (κ2) is 5.22. The minimum Gasteiger partial charge on any atom is -0.273 e. The molecule has 0 spiro atoms. The van der Waals surface area contributed by atoms with Gasteiger partial charge in [0.1, 0.15) is 0 Å². The van der Waals surface area contributed by atoms with Crippen LogP contribution in [0.4, 0.5) is 0 Å². The molecule has 0 aromatic heterocycles. The predicted molar refractivity (Wildman–Crippen MR) is 51.0 cm³/mol. The molecule has 1 saturated heterocycles. The molecule has 1 rings (SSSR count). The van der Waals surface area contributed by atoms with Crippen LogP contribution in [0.15, 0.2) is 0 Å². The fourth-order valence-corrected chi connectivity index (χ4v) is 1.33. The van der Waals surface area contributed by atoms with Crippen molar-refractivity contribution in [3.8, 4) is 0 Å². The molecule has 1 aliphatic heterocycles. The monoisotopic (exact) mass is 185 g/mol. The van der Waals surface area contributed by atoms with Crippen LogP contribution < -0.4 is 0 Å². The van der Waals surface area contributed by atoms with E-state index < -0.39 is 0 Å². The maximum Gasteiger partial charge on any atom is 0.246 e. The van der Waals surface area contributed by atoms with Crippen LogP contribution in [0.5, 0.6) is 0 Å². The normalized spacial score (nSPS) is 17.9. The molecule has 1 amide bonds. The van der Waals surface area contributed by atoms with Crippen LogP contribution >= 0.6 is 0 Å². The molecule has 1 aliphatic rings. The SMILES string of the molecule is CC(C)CCC(=O)N1CCCCO1. The van der Waals surface area contributed by atoms with Gasteiger partial charge in [0.2, 0.25) is 5.91 Å². The lowest BCUT2D eigenvalue weighted by molar-refractivity contribution is -0.197. The summed E-state index contributed by atoms with van der Waals surface area (Å²) in [6.07, 6.45) is 3.73. The standard InChI is InChI=1S/C10H19NO2/c1-9(2)5-6-10(12)11-7-3-4-8-13-11/h9H,3-8H2,1-2H3. The maximum atomic E-state index is 11.5. The van der Waals surface area contributed by atoms with Crippen molar-refractivity contribution in [1.82, 2.24) is 5.06 Å². The van der Waals surface area contributed by atoms with Crippen LogP contribution in [0.25, 0.3) is 0 Å². The first kappa shape index (κ1) is 10.5. The lowest BCUT2D eigenvalue weighted by Gasteiger charge is -2.26. The number of nitrogens with zero attached hydrogens (tertiary/aromatic N) is 1. The van der Waals surface area contributed by atoms with Gasteiger partial charge < -0.3 is 0 Å². The summed E-state index contributed by atoms with van der Waals surface area (Å²) in [6.45, 7) is 5.74. The quantitative estimate of drug-likeness (QED) is 0.672. The molecule has 0 aromatic carbocycles. The third-order valence-electron chi connectivity index (χ3n) is 2.22. The van der Waals surface area contributed by atoms with Crippen LogP contribution in [-0.2, 0) is 9.63 Å². The molecule has 13 heavy (non-hydrogen) atoms. The molecule has 0 aromatic rings. The molecule has 1 fully saturated rings. The number of rotatable bonds is 3. The Hall–Kier alpha value is -0.570. The number of carbonyl (C=O) groups is 1. The third-order valence-corrected chi connectivity index (χ3v) is 2.22. The highest BCUT2D eigenvalue weighted by molar-refractivity contribution is 5.75. The molecular formula is C10H19NO2. The highest BCUT2D eigenvalue weighted by Crippen LogP contribution is 2.11. The Labute approximate surface area is 80.0 Å². The van der Waals surface area contributed by atoms with E-state index >= 15 is 0 Å². The van der Waals surface area contributed by atoms with Gasteiger partial charge in [-0.3, -0.25) is 9.63 Å². The largest absolute Gasteiger partial charge is 0.273 e. The first-order valence-electron chi connectivity index (χ1n) is 5.13. The zero-order chi connectivity index (χ0) is 9.68. The molecular weight excluding hydrogens is 166 g/mol. The average molecular weight is 185 g/mol. The summed E-state index contributed by atoms with van der Waals surface area (Å²) in [5, 5.41) is 1.53. The number of amides is 1. The summed E-state index contributed by atoms with van der Waals surface area (Å²) < 4.78 is 0. The Bertz CT molecular complexity index is 162. The smallest absolute Gasteiger partial charge is 0.246 e. The molecule has 0 atom stereocenters. The molecule has 0 N–H and O–H groups in total. The Morgan fingerprint density at radius 3 is 2.77 bits per heavy atom. The van der Waals surface area contributed by atoms with Gasteiger partial charge in [0.15, 0.2) is 0 Å². The predicted octanol–water partition coefficient (Wildman–Crippen LogP) is 1.98. The van der Waals surface area contributed by atoms with Crippen LogP contribution in [0, 0.1) is 5.92 Å². The number of carbonyl (C=O) groups excluding carboxylic acids is 1. The van der Waals surface area contributed by atoms with Crippen LogP contribution in [-0.4, -0.2) is 24.1 Å². The number of hydroxylamine groups is 2. The van der Waals surface area contributed by atoms with E-state index in [1.165, 1.54) is 5.06 Å². The van der Waals surface area contributed by atoms with Gasteiger partial charge >= 0.3 is 0 Å². The Balaban J connectivity index is 2.21. The maximum absolute atomic E-state index is 11.5.